The van der Waals surface area contributed by atoms with E-state index < -0.39 is 0 Å². The van der Waals surface area contributed by atoms with Crippen molar-refractivity contribution in [2.24, 2.45) is 0 Å². The topological polar surface area (TPSA) is 50.3 Å². The minimum Gasteiger partial charge on any atom is -0.374 e. The molecule has 0 bridgehead atoms. The van der Waals surface area contributed by atoms with Crippen LogP contribution in [0.3, 0.4) is 0 Å². The Hall–Kier alpha value is -0.430. The summed E-state index contributed by atoms with van der Waals surface area (Å²) < 4.78 is 6.33. The molecular weight excluding hydrogens is 307 g/mol. The fourth-order valence-corrected chi connectivity index (χ4v) is 2.15. The molecule has 1 aromatic heterocycles. The predicted octanol–water partition coefficient (Wildman–Crippen LogP) is 1.63. The Bertz CT molecular complexity index is 393. The molecule has 1 unspecified atom stereocenters. The maximum Gasteiger partial charge on any atom is 0.148 e. The first-order valence-electron chi connectivity index (χ1n) is 5.37. The highest BCUT2D eigenvalue weighted by molar-refractivity contribution is 9.10. The van der Waals surface area contributed by atoms with Crippen molar-refractivity contribution in [3.05, 3.63) is 16.0 Å². The van der Waals surface area contributed by atoms with E-state index in [9.17, 15) is 0 Å². The van der Waals surface area contributed by atoms with Crippen LogP contribution in [0.15, 0.2) is 10.8 Å². The molecule has 2 rings (SSSR count). The van der Waals surface area contributed by atoms with E-state index in [-0.39, 0.29) is 6.10 Å². The molecule has 1 aliphatic rings. The average molecular weight is 322 g/mol. The molecule has 1 fully saturated rings. The van der Waals surface area contributed by atoms with Gasteiger partial charge in [0.25, 0.3) is 0 Å². The molecule has 0 aromatic carbocycles. The molecule has 0 aliphatic carbocycles. The first-order chi connectivity index (χ1) is 8.16. The SMILES string of the molecule is CN1CCOC(CNc2ncnc(Cl)c2Br)C1. The third-order valence-corrected chi connectivity index (χ3v) is 3.85. The fraction of sp³-hybridized carbons (Fsp3) is 0.600. The summed E-state index contributed by atoms with van der Waals surface area (Å²) in [4.78, 5) is 10.2. The molecule has 0 amide bonds. The van der Waals surface area contributed by atoms with Gasteiger partial charge in [0.15, 0.2) is 0 Å². The number of nitrogens with zero attached hydrogens (tertiary/aromatic N) is 3. The van der Waals surface area contributed by atoms with Crippen LogP contribution in [0.2, 0.25) is 5.15 Å². The van der Waals surface area contributed by atoms with Crippen molar-refractivity contribution in [3.8, 4) is 0 Å². The lowest BCUT2D eigenvalue weighted by molar-refractivity contribution is -0.0117. The zero-order valence-corrected chi connectivity index (χ0v) is 11.8. The Morgan fingerprint density at radius 2 is 2.47 bits per heavy atom. The van der Waals surface area contributed by atoms with Gasteiger partial charge in [-0.15, -0.1) is 0 Å². The number of rotatable bonds is 3. The maximum atomic E-state index is 5.88. The third-order valence-electron chi connectivity index (χ3n) is 2.59. The Balaban J connectivity index is 1.91. The Morgan fingerprint density at radius 1 is 1.65 bits per heavy atom. The van der Waals surface area contributed by atoms with Gasteiger partial charge in [0.2, 0.25) is 0 Å². The fourth-order valence-electron chi connectivity index (χ4n) is 1.67. The number of aromatic nitrogens is 2. The monoisotopic (exact) mass is 320 g/mol. The van der Waals surface area contributed by atoms with E-state index in [1.807, 2.05) is 0 Å². The average Bonchev–Trinajstić information content (AvgIpc) is 2.31. The van der Waals surface area contributed by atoms with Crippen molar-refractivity contribution in [1.82, 2.24) is 14.9 Å². The van der Waals surface area contributed by atoms with Crippen LogP contribution in [0.4, 0.5) is 5.82 Å². The van der Waals surface area contributed by atoms with Crippen molar-refractivity contribution in [2.45, 2.75) is 6.10 Å². The summed E-state index contributed by atoms with van der Waals surface area (Å²) in [6, 6.07) is 0. The lowest BCUT2D eigenvalue weighted by Gasteiger charge is -2.30. The number of ether oxygens (including phenoxy) is 1. The third kappa shape index (κ3) is 3.51. The van der Waals surface area contributed by atoms with Crippen LogP contribution in [0.25, 0.3) is 0 Å². The molecular formula is C10H14BrClN4O. The van der Waals surface area contributed by atoms with Crippen LogP contribution in [0.5, 0.6) is 0 Å². The van der Waals surface area contributed by atoms with Gasteiger partial charge in [0.05, 0.1) is 17.2 Å². The first-order valence-corrected chi connectivity index (χ1v) is 6.54. The Morgan fingerprint density at radius 3 is 3.24 bits per heavy atom. The minimum atomic E-state index is 0.175. The van der Waals surface area contributed by atoms with Crippen LogP contribution < -0.4 is 5.32 Å². The largest absolute Gasteiger partial charge is 0.374 e. The van der Waals surface area contributed by atoms with Crippen LogP contribution in [0.1, 0.15) is 0 Å². The standard InChI is InChI=1S/C10H14BrClN4O/c1-16-2-3-17-7(5-16)4-13-10-8(11)9(12)14-6-15-10/h6-7H,2-5H2,1H3,(H,13,14,15). The number of nitrogens with one attached hydrogen (secondary N) is 1. The van der Waals surface area contributed by atoms with E-state index in [1.165, 1.54) is 6.33 Å². The summed E-state index contributed by atoms with van der Waals surface area (Å²) in [6.07, 6.45) is 1.61. The van der Waals surface area contributed by atoms with Crippen molar-refractivity contribution in [3.63, 3.8) is 0 Å². The van der Waals surface area contributed by atoms with Crippen LogP contribution in [-0.2, 0) is 4.74 Å². The maximum absolute atomic E-state index is 5.88. The van der Waals surface area contributed by atoms with Crippen molar-refractivity contribution < 1.29 is 4.74 Å². The molecule has 1 atom stereocenters. The number of morpholine rings is 1. The first kappa shape index (κ1) is 13.0. The Kier molecular flexibility index (Phi) is 4.55. The number of hydrogen-bond donors (Lipinski definition) is 1. The summed E-state index contributed by atoms with van der Waals surface area (Å²) in [5.41, 5.74) is 0. The van der Waals surface area contributed by atoms with E-state index in [4.69, 9.17) is 16.3 Å². The lowest BCUT2D eigenvalue weighted by atomic mass is 10.3. The van der Waals surface area contributed by atoms with Crippen LogP contribution in [0, 0.1) is 0 Å². The highest BCUT2D eigenvalue weighted by Crippen LogP contribution is 2.25. The van der Waals surface area contributed by atoms with Gasteiger partial charge in [-0.25, -0.2) is 9.97 Å². The number of likely N-dealkylation sites (N-methyl/N-ethyl adjacent to an activating group) is 1. The molecule has 0 radical (unpaired) electrons. The van der Waals surface area contributed by atoms with E-state index in [0.717, 1.165) is 19.7 Å². The second-order valence-corrected chi connectivity index (χ2v) is 5.11. The van der Waals surface area contributed by atoms with Gasteiger partial charge < -0.3 is 15.0 Å². The summed E-state index contributed by atoms with van der Waals surface area (Å²) >= 11 is 9.23. The van der Waals surface area contributed by atoms with E-state index in [0.29, 0.717) is 22.0 Å². The molecule has 7 heteroatoms. The second kappa shape index (κ2) is 5.95. The molecule has 5 nitrogen and oxygen atoms in total. The van der Waals surface area contributed by atoms with Crippen LogP contribution >= 0.6 is 27.5 Å². The molecule has 1 saturated heterocycles. The smallest absolute Gasteiger partial charge is 0.148 e. The highest BCUT2D eigenvalue weighted by atomic mass is 79.9. The second-order valence-electron chi connectivity index (χ2n) is 3.96. The molecule has 1 aliphatic heterocycles. The van der Waals surface area contributed by atoms with Crippen molar-refractivity contribution in [2.75, 3.05) is 38.6 Å². The van der Waals surface area contributed by atoms with Gasteiger partial charge in [-0.3, -0.25) is 0 Å². The zero-order chi connectivity index (χ0) is 12.3. The van der Waals surface area contributed by atoms with Crippen LogP contribution in [-0.4, -0.2) is 54.3 Å². The minimum absolute atomic E-state index is 0.175. The quantitative estimate of drug-likeness (QED) is 0.858. The van der Waals surface area contributed by atoms with Gasteiger partial charge in [-0.05, 0) is 23.0 Å². The van der Waals surface area contributed by atoms with E-state index >= 15 is 0 Å². The summed E-state index contributed by atoms with van der Waals surface area (Å²) in [5, 5.41) is 3.62. The molecule has 1 aromatic rings. The molecule has 94 valence electrons. The van der Waals surface area contributed by atoms with Gasteiger partial charge in [0, 0.05) is 19.6 Å². The predicted molar refractivity (Wildman–Crippen MR) is 70.5 cm³/mol. The number of anilines is 1. The zero-order valence-electron chi connectivity index (χ0n) is 9.49. The van der Waals surface area contributed by atoms with Gasteiger partial charge >= 0.3 is 0 Å². The summed E-state index contributed by atoms with van der Waals surface area (Å²) in [6.45, 7) is 3.38. The van der Waals surface area contributed by atoms with Gasteiger partial charge in [-0.2, -0.15) is 0 Å². The van der Waals surface area contributed by atoms with E-state index in [1.54, 1.807) is 0 Å². The molecule has 1 N–H and O–H groups in total. The summed E-state index contributed by atoms with van der Waals surface area (Å²) in [7, 11) is 2.09. The van der Waals surface area contributed by atoms with E-state index in [2.05, 4.69) is 43.2 Å². The summed E-state index contributed by atoms with van der Waals surface area (Å²) in [5.74, 6) is 0.696. The molecule has 17 heavy (non-hydrogen) atoms. The molecule has 0 saturated carbocycles. The molecule has 0 spiro atoms. The van der Waals surface area contributed by atoms with Gasteiger partial charge in [-0.1, -0.05) is 11.6 Å². The van der Waals surface area contributed by atoms with Gasteiger partial charge in [0.1, 0.15) is 17.3 Å². The Labute approximate surface area is 114 Å². The normalized spacial score (nSPS) is 21.5. The number of halogens is 2. The van der Waals surface area contributed by atoms with Crippen molar-refractivity contribution >= 4 is 33.3 Å². The lowest BCUT2D eigenvalue weighted by Crippen LogP contribution is -2.43. The van der Waals surface area contributed by atoms with Crippen molar-refractivity contribution in [1.29, 1.82) is 0 Å². The molecule has 2 heterocycles. The highest BCUT2D eigenvalue weighted by Gasteiger charge is 2.18. The number of hydrogen-bond acceptors (Lipinski definition) is 5.